The molecule has 2 aromatic carbocycles. The number of ether oxygens (including phenoxy) is 1. The summed E-state index contributed by atoms with van der Waals surface area (Å²) in [5.74, 6) is -0.681. The average molecular weight is 682 g/mol. The van der Waals surface area contributed by atoms with E-state index >= 15 is 0 Å². The van der Waals surface area contributed by atoms with Crippen LogP contribution in [0, 0.1) is 12.3 Å². The first-order valence-electron chi connectivity index (χ1n) is 15.2. The Balaban J connectivity index is 1.22. The summed E-state index contributed by atoms with van der Waals surface area (Å²) >= 11 is 5.05. The highest BCUT2D eigenvalue weighted by molar-refractivity contribution is 9.10. The second kappa shape index (κ2) is 13.1. The molecule has 1 saturated carbocycles. The van der Waals surface area contributed by atoms with Gasteiger partial charge < -0.3 is 20.3 Å². The first kappa shape index (κ1) is 32.3. The first-order valence-corrected chi connectivity index (χ1v) is 16.9. The number of rotatable bonds is 10. The molecule has 0 bridgehead atoms. The lowest BCUT2D eigenvalue weighted by Gasteiger charge is -2.36. The first-order chi connectivity index (χ1) is 20.9. The molecule has 1 aliphatic heterocycles. The zero-order valence-electron chi connectivity index (χ0n) is 26.0. The molecule has 44 heavy (non-hydrogen) atoms. The predicted octanol–water partition coefficient (Wildman–Crippen LogP) is 6.33. The van der Waals surface area contributed by atoms with Crippen LogP contribution in [0.25, 0.3) is 10.4 Å². The zero-order valence-corrected chi connectivity index (χ0v) is 28.4. The molecule has 2 aliphatic rings. The maximum atomic E-state index is 14.0. The van der Waals surface area contributed by atoms with E-state index in [9.17, 15) is 14.4 Å². The Kier molecular flexibility index (Phi) is 9.63. The van der Waals surface area contributed by atoms with Crippen LogP contribution in [0.4, 0.5) is 0 Å². The highest BCUT2D eigenvalue weighted by Gasteiger charge is 2.53. The lowest BCUT2D eigenvalue weighted by atomic mass is 9.85. The van der Waals surface area contributed by atoms with Gasteiger partial charge in [-0.2, -0.15) is 0 Å². The molecule has 5 rings (SSSR count). The Bertz CT molecular complexity index is 1490. The van der Waals surface area contributed by atoms with Gasteiger partial charge in [0.15, 0.2) is 0 Å². The van der Waals surface area contributed by atoms with Crippen LogP contribution in [0.5, 0.6) is 0 Å². The number of nitrogens with one attached hydrogen (secondary N) is 2. The standard InChI is InChI=1S/C34H41BrN4O4S/c1-21(24-10-12-25(13-11-24)28-22(2)36-20-44-28)37-30(40)27-7-6-18-39(27)31(41)29(33(3,4)5)38-32(42)34(16-17-34)43-19-23-8-14-26(35)15-9-23/h8-15,20-21,27,29H,6-7,16-19H2,1-5H3,(H,37,40)(H,38,42)/t21?,27-,29?/m0/s1. The van der Waals surface area contributed by atoms with Gasteiger partial charge in [-0.15, -0.1) is 11.3 Å². The molecular formula is C34H41BrN4O4S. The van der Waals surface area contributed by atoms with Crippen LogP contribution in [0.3, 0.4) is 0 Å². The van der Waals surface area contributed by atoms with Gasteiger partial charge in [-0.1, -0.05) is 73.1 Å². The van der Waals surface area contributed by atoms with Gasteiger partial charge >= 0.3 is 0 Å². The van der Waals surface area contributed by atoms with E-state index in [-0.39, 0.29) is 23.8 Å². The van der Waals surface area contributed by atoms with Crippen LogP contribution >= 0.6 is 27.3 Å². The van der Waals surface area contributed by atoms with Crippen molar-refractivity contribution in [3.8, 4) is 10.4 Å². The molecule has 234 valence electrons. The van der Waals surface area contributed by atoms with Gasteiger partial charge in [-0.05, 0) is 73.8 Å². The van der Waals surface area contributed by atoms with Gasteiger partial charge in [0.25, 0.3) is 5.91 Å². The number of aromatic nitrogens is 1. The largest absolute Gasteiger partial charge is 0.360 e. The van der Waals surface area contributed by atoms with Gasteiger partial charge in [0, 0.05) is 11.0 Å². The van der Waals surface area contributed by atoms with E-state index in [4.69, 9.17) is 4.74 Å². The second-order valence-corrected chi connectivity index (χ2v) is 14.8. The molecule has 2 fully saturated rings. The summed E-state index contributed by atoms with van der Waals surface area (Å²) in [6.07, 6.45) is 2.53. The van der Waals surface area contributed by atoms with Crippen molar-refractivity contribution in [1.29, 1.82) is 0 Å². The number of benzene rings is 2. The van der Waals surface area contributed by atoms with E-state index in [1.807, 2.05) is 76.5 Å². The minimum Gasteiger partial charge on any atom is -0.360 e. The van der Waals surface area contributed by atoms with Crippen LogP contribution in [0.1, 0.15) is 76.2 Å². The Hall–Kier alpha value is -3.08. The molecule has 1 aromatic heterocycles. The SMILES string of the molecule is Cc1ncsc1-c1ccc(C(C)NC(=O)[C@@H]2CCCN2C(=O)C(NC(=O)C2(OCc3ccc(Br)cc3)CC2)C(C)(C)C)cc1. The lowest BCUT2D eigenvalue weighted by molar-refractivity contribution is -0.147. The predicted molar refractivity (Wildman–Crippen MR) is 176 cm³/mol. The second-order valence-electron chi connectivity index (χ2n) is 13.0. The van der Waals surface area contributed by atoms with Crippen LogP contribution in [-0.2, 0) is 25.7 Å². The Labute approximate surface area is 272 Å². The summed E-state index contributed by atoms with van der Waals surface area (Å²) < 4.78 is 7.09. The monoisotopic (exact) mass is 680 g/mol. The van der Waals surface area contributed by atoms with Crippen LogP contribution < -0.4 is 10.6 Å². The molecule has 2 unspecified atom stereocenters. The van der Waals surface area contributed by atoms with Crippen molar-refractivity contribution in [3.63, 3.8) is 0 Å². The molecule has 1 saturated heterocycles. The van der Waals surface area contributed by atoms with Gasteiger partial charge in [0.2, 0.25) is 11.8 Å². The van der Waals surface area contributed by atoms with Crippen LogP contribution in [0.15, 0.2) is 58.5 Å². The third-order valence-electron chi connectivity index (χ3n) is 8.55. The Morgan fingerprint density at radius 2 is 1.77 bits per heavy atom. The fraction of sp³-hybridized carbons (Fsp3) is 0.471. The molecule has 2 heterocycles. The third kappa shape index (κ3) is 7.24. The van der Waals surface area contributed by atoms with Gasteiger partial charge in [0.05, 0.1) is 28.7 Å². The maximum Gasteiger partial charge on any atom is 0.252 e. The van der Waals surface area contributed by atoms with Crippen molar-refractivity contribution in [2.24, 2.45) is 5.41 Å². The van der Waals surface area contributed by atoms with E-state index in [2.05, 4.69) is 43.7 Å². The van der Waals surface area contributed by atoms with Crippen molar-refractivity contribution in [1.82, 2.24) is 20.5 Å². The van der Waals surface area contributed by atoms with E-state index < -0.39 is 23.1 Å². The fourth-order valence-corrected chi connectivity index (χ4v) is 6.70. The number of nitrogens with zero attached hydrogens (tertiary/aromatic N) is 2. The third-order valence-corrected chi connectivity index (χ3v) is 10.1. The van der Waals surface area contributed by atoms with Crippen molar-refractivity contribution >= 4 is 45.0 Å². The van der Waals surface area contributed by atoms with E-state index in [1.54, 1.807) is 16.2 Å². The van der Waals surface area contributed by atoms with Gasteiger partial charge in [-0.25, -0.2) is 4.98 Å². The summed E-state index contributed by atoms with van der Waals surface area (Å²) in [5.41, 5.74) is 4.41. The summed E-state index contributed by atoms with van der Waals surface area (Å²) in [7, 11) is 0. The minimum atomic E-state index is -0.928. The molecule has 2 N–H and O–H groups in total. The molecule has 3 atom stereocenters. The lowest BCUT2D eigenvalue weighted by Crippen LogP contribution is -2.59. The molecule has 10 heteroatoms. The quantitative estimate of drug-likeness (QED) is 0.261. The van der Waals surface area contributed by atoms with Crippen LogP contribution in [0.2, 0.25) is 0 Å². The molecular weight excluding hydrogens is 640 g/mol. The number of thiazole rings is 1. The Morgan fingerprint density at radius 3 is 2.36 bits per heavy atom. The molecule has 3 amide bonds. The van der Waals surface area contributed by atoms with E-state index in [0.717, 1.165) is 38.2 Å². The number of aryl methyl sites for hydroxylation is 1. The summed E-state index contributed by atoms with van der Waals surface area (Å²) in [6.45, 7) is 10.5. The zero-order chi connectivity index (χ0) is 31.6. The number of carbonyl (C=O) groups is 3. The number of hydrogen-bond acceptors (Lipinski definition) is 6. The van der Waals surface area contributed by atoms with Crippen molar-refractivity contribution < 1.29 is 19.1 Å². The van der Waals surface area contributed by atoms with Gasteiger partial charge in [-0.3, -0.25) is 14.4 Å². The highest BCUT2D eigenvalue weighted by atomic mass is 79.9. The molecule has 3 aromatic rings. The van der Waals surface area contributed by atoms with E-state index in [0.29, 0.717) is 32.4 Å². The van der Waals surface area contributed by atoms with Gasteiger partial charge in [0.1, 0.15) is 17.7 Å². The number of likely N-dealkylation sites (tertiary alicyclic amines) is 1. The summed E-state index contributed by atoms with van der Waals surface area (Å²) in [5, 5.41) is 6.15. The number of amides is 3. The maximum absolute atomic E-state index is 14.0. The number of carbonyl (C=O) groups excluding carboxylic acids is 3. The number of halogens is 1. The Morgan fingerprint density at radius 1 is 1.09 bits per heavy atom. The summed E-state index contributed by atoms with van der Waals surface area (Å²) in [6, 6.07) is 14.3. The smallest absolute Gasteiger partial charge is 0.252 e. The summed E-state index contributed by atoms with van der Waals surface area (Å²) in [4.78, 5) is 48.2. The fourth-order valence-electron chi connectivity index (χ4n) is 5.63. The molecule has 0 radical (unpaired) electrons. The topological polar surface area (TPSA) is 101 Å². The normalized spacial score (nSPS) is 18.9. The number of hydrogen-bond donors (Lipinski definition) is 2. The van der Waals surface area contributed by atoms with E-state index in [1.165, 1.54) is 0 Å². The molecule has 1 aliphatic carbocycles. The average Bonchev–Trinajstić information content (AvgIpc) is 3.39. The molecule has 8 nitrogen and oxygen atoms in total. The molecule has 0 spiro atoms. The minimum absolute atomic E-state index is 0.179. The van der Waals surface area contributed by atoms with Crippen molar-refractivity contribution in [2.75, 3.05) is 6.54 Å². The highest BCUT2D eigenvalue weighted by Crippen LogP contribution is 2.41. The van der Waals surface area contributed by atoms with Crippen LogP contribution in [-0.4, -0.2) is 51.8 Å². The van der Waals surface area contributed by atoms with Crippen molar-refractivity contribution in [3.05, 3.63) is 75.3 Å². The van der Waals surface area contributed by atoms with Crippen molar-refractivity contribution in [2.45, 2.75) is 90.6 Å².